The summed E-state index contributed by atoms with van der Waals surface area (Å²) in [6.45, 7) is 1.54. The Bertz CT molecular complexity index is 814. The van der Waals surface area contributed by atoms with Gasteiger partial charge in [-0.3, -0.25) is 4.79 Å². The van der Waals surface area contributed by atoms with Gasteiger partial charge in [0.1, 0.15) is 4.88 Å². The summed E-state index contributed by atoms with van der Waals surface area (Å²) in [5, 5.41) is 2.01. The summed E-state index contributed by atoms with van der Waals surface area (Å²) in [6, 6.07) is 5.63. The maximum Gasteiger partial charge on any atom is 0.270 e. The predicted molar refractivity (Wildman–Crippen MR) is 110 cm³/mol. The van der Waals surface area contributed by atoms with Crippen molar-refractivity contribution in [2.45, 2.75) is 50.5 Å². The number of amides is 1. The molecule has 0 atom stereocenters. The Kier molecular flexibility index (Phi) is 6.02. The van der Waals surface area contributed by atoms with Gasteiger partial charge in [-0.25, -0.2) is 4.98 Å². The molecule has 1 saturated carbocycles. The van der Waals surface area contributed by atoms with Crippen LogP contribution in [-0.4, -0.2) is 30.1 Å². The van der Waals surface area contributed by atoms with Gasteiger partial charge in [0, 0.05) is 30.9 Å². The zero-order chi connectivity index (χ0) is 18.8. The van der Waals surface area contributed by atoms with Crippen molar-refractivity contribution in [1.82, 2.24) is 4.98 Å². The monoisotopic (exact) mass is 424 g/mol. The number of anilines is 1. The number of carbonyl (C=O) groups excluding carboxylic acids is 1. The van der Waals surface area contributed by atoms with E-state index >= 15 is 0 Å². The van der Waals surface area contributed by atoms with Gasteiger partial charge in [-0.1, -0.05) is 36.0 Å². The van der Waals surface area contributed by atoms with Crippen LogP contribution in [0.5, 0.6) is 0 Å². The molecule has 0 N–H and O–H groups in total. The minimum absolute atomic E-state index is 0.0103. The maximum atomic E-state index is 13.4. The molecule has 2 aliphatic rings. The summed E-state index contributed by atoms with van der Waals surface area (Å²) in [6.07, 6.45) is 7.99. The Morgan fingerprint density at radius 2 is 1.85 bits per heavy atom. The zero-order valence-corrected chi connectivity index (χ0v) is 17.3. The lowest BCUT2D eigenvalue weighted by Crippen LogP contribution is -2.38. The normalized spacial score (nSPS) is 18.7. The van der Waals surface area contributed by atoms with Crippen LogP contribution in [-0.2, 0) is 4.74 Å². The van der Waals surface area contributed by atoms with Gasteiger partial charge in [0.05, 0.1) is 21.2 Å². The number of rotatable bonds is 4. The first-order valence-electron chi connectivity index (χ1n) is 9.45. The lowest BCUT2D eigenvalue weighted by atomic mass is 10.0. The Balaban J connectivity index is 1.62. The van der Waals surface area contributed by atoms with Crippen LogP contribution >= 0.6 is 34.5 Å². The third-order valence-corrected chi connectivity index (χ3v) is 7.28. The average Bonchev–Trinajstić information content (AvgIpc) is 3.38. The van der Waals surface area contributed by atoms with Crippen LogP contribution in [0.4, 0.5) is 5.69 Å². The first-order valence-corrected chi connectivity index (χ1v) is 11.0. The maximum absolute atomic E-state index is 13.4. The van der Waals surface area contributed by atoms with E-state index in [4.69, 9.17) is 27.9 Å². The average molecular weight is 425 g/mol. The second kappa shape index (κ2) is 8.48. The number of benzene rings is 1. The van der Waals surface area contributed by atoms with Crippen molar-refractivity contribution in [2.24, 2.45) is 0 Å². The molecular weight excluding hydrogens is 403 g/mol. The summed E-state index contributed by atoms with van der Waals surface area (Å²) < 4.78 is 5.44. The van der Waals surface area contributed by atoms with E-state index in [9.17, 15) is 4.79 Å². The van der Waals surface area contributed by atoms with Gasteiger partial charge in [-0.15, -0.1) is 11.3 Å². The molecule has 1 amide bonds. The van der Waals surface area contributed by atoms with Crippen molar-refractivity contribution in [3.63, 3.8) is 0 Å². The number of ether oxygens (including phenoxy) is 1. The Morgan fingerprint density at radius 3 is 2.56 bits per heavy atom. The molecule has 1 aliphatic heterocycles. The number of hydrogen-bond donors (Lipinski definition) is 0. The van der Waals surface area contributed by atoms with Crippen molar-refractivity contribution < 1.29 is 9.53 Å². The van der Waals surface area contributed by atoms with Gasteiger partial charge < -0.3 is 9.64 Å². The highest BCUT2D eigenvalue weighted by Gasteiger charge is 2.31. The molecule has 2 heterocycles. The summed E-state index contributed by atoms with van der Waals surface area (Å²) in [5.41, 5.74) is 0.808. The summed E-state index contributed by atoms with van der Waals surface area (Å²) in [7, 11) is 0. The van der Waals surface area contributed by atoms with Crippen molar-refractivity contribution in [3.8, 4) is 0 Å². The molecule has 4 nitrogen and oxygen atoms in total. The fraction of sp³-hybridized carbons (Fsp3) is 0.500. The quantitative estimate of drug-likeness (QED) is 0.610. The van der Waals surface area contributed by atoms with Crippen LogP contribution in [0, 0.1) is 0 Å². The number of carbonyl (C=O) groups is 1. The van der Waals surface area contributed by atoms with E-state index in [0.29, 0.717) is 20.8 Å². The van der Waals surface area contributed by atoms with Crippen LogP contribution in [0.15, 0.2) is 24.4 Å². The first-order chi connectivity index (χ1) is 13.1. The second-order valence-electron chi connectivity index (χ2n) is 7.16. The van der Waals surface area contributed by atoms with E-state index in [1.807, 2.05) is 11.0 Å². The molecule has 0 spiro atoms. The van der Waals surface area contributed by atoms with Crippen LogP contribution in [0.3, 0.4) is 0 Å². The number of halogens is 2. The van der Waals surface area contributed by atoms with E-state index in [1.165, 1.54) is 11.3 Å². The topological polar surface area (TPSA) is 42.4 Å². The van der Waals surface area contributed by atoms with E-state index in [1.54, 1.807) is 18.3 Å². The molecule has 27 heavy (non-hydrogen) atoms. The first kappa shape index (κ1) is 19.2. The molecule has 1 aromatic carbocycles. The number of thiazole rings is 1. The van der Waals surface area contributed by atoms with Gasteiger partial charge in [0.2, 0.25) is 0 Å². The van der Waals surface area contributed by atoms with Crippen LogP contribution < -0.4 is 4.90 Å². The molecule has 0 bridgehead atoms. The van der Waals surface area contributed by atoms with E-state index in [2.05, 4.69) is 4.98 Å². The van der Waals surface area contributed by atoms with Crippen LogP contribution in [0.1, 0.15) is 59.1 Å². The van der Waals surface area contributed by atoms with Crippen LogP contribution in [0.25, 0.3) is 0 Å². The van der Waals surface area contributed by atoms with E-state index < -0.39 is 0 Å². The van der Waals surface area contributed by atoms with Crippen molar-refractivity contribution in [3.05, 3.63) is 44.3 Å². The smallest absolute Gasteiger partial charge is 0.270 e. The number of hydrogen-bond acceptors (Lipinski definition) is 4. The third-order valence-electron chi connectivity index (χ3n) is 5.39. The Labute approximate surface area is 173 Å². The minimum atomic E-state index is 0.0103. The largest absolute Gasteiger partial charge is 0.381 e. The standard InChI is InChI=1S/C20H22Cl2N2O2S/c21-16-6-5-15(11-17(16)22)24(14-3-1-2-4-14)20(25)18-12-23-19(27-18)13-7-9-26-10-8-13/h5-6,11-14H,1-4,7-10H2. The zero-order valence-electron chi connectivity index (χ0n) is 15.0. The SMILES string of the molecule is O=C(c1cnc(C2CCOCC2)s1)N(c1ccc(Cl)c(Cl)c1)C1CCCC1. The summed E-state index contributed by atoms with van der Waals surface area (Å²) in [5.74, 6) is 0.409. The van der Waals surface area contributed by atoms with E-state index in [0.717, 1.165) is 62.4 Å². The molecule has 1 aliphatic carbocycles. The highest BCUT2D eigenvalue weighted by atomic mass is 35.5. The molecule has 1 saturated heterocycles. The fourth-order valence-corrected chi connectivity index (χ4v) is 5.25. The summed E-state index contributed by atoms with van der Waals surface area (Å²) in [4.78, 5) is 20.6. The minimum Gasteiger partial charge on any atom is -0.381 e. The molecule has 2 fully saturated rings. The molecule has 0 unspecified atom stereocenters. The molecule has 4 rings (SSSR count). The fourth-order valence-electron chi connectivity index (χ4n) is 3.93. The molecule has 144 valence electrons. The van der Waals surface area contributed by atoms with Crippen molar-refractivity contribution in [2.75, 3.05) is 18.1 Å². The van der Waals surface area contributed by atoms with Gasteiger partial charge in [-0.2, -0.15) is 0 Å². The lowest BCUT2D eigenvalue weighted by molar-refractivity contribution is 0.0853. The number of nitrogens with zero attached hydrogens (tertiary/aromatic N) is 2. The van der Waals surface area contributed by atoms with Gasteiger partial charge in [0.15, 0.2) is 0 Å². The van der Waals surface area contributed by atoms with E-state index in [-0.39, 0.29) is 11.9 Å². The van der Waals surface area contributed by atoms with Gasteiger partial charge >= 0.3 is 0 Å². The molecule has 0 radical (unpaired) electrons. The number of aromatic nitrogens is 1. The van der Waals surface area contributed by atoms with Crippen molar-refractivity contribution >= 4 is 46.1 Å². The highest BCUT2D eigenvalue weighted by molar-refractivity contribution is 7.13. The lowest BCUT2D eigenvalue weighted by Gasteiger charge is -2.29. The van der Waals surface area contributed by atoms with Gasteiger partial charge in [-0.05, 0) is 43.9 Å². The Morgan fingerprint density at radius 1 is 1.11 bits per heavy atom. The molecular formula is C20H22Cl2N2O2S. The predicted octanol–water partition coefficient (Wildman–Crippen LogP) is 5.93. The molecule has 7 heteroatoms. The summed E-state index contributed by atoms with van der Waals surface area (Å²) >= 11 is 13.8. The molecule has 2 aromatic rings. The van der Waals surface area contributed by atoms with Crippen LogP contribution in [0.2, 0.25) is 10.0 Å². The Hall–Kier alpha value is -1.14. The van der Waals surface area contributed by atoms with Crippen molar-refractivity contribution in [1.29, 1.82) is 0 Å². The second-order valence-corrected chi connectivity index (χ2v) is 9.04. The molecule has 1 aromatic heterocycles. The highest BCUT2D eigenvalue weighted by Crippen LogP contribution is 2.35. The van der Waals surface area contributed by atoms with Gasteiger partial charge in [0.25, 0.3) is 5.91 Å². The third kappa shape index (κ3) is 4.16.